The van der Waals surface area contributed by atoms with Gasteiger partial charge in [0, 0.05) is 22.8 Å². The molecular formula is C16H14ClNO2. The van der Waals surface area contributed by atoms with E-state index >= 15 is 0 Å². The molecule has 1 heterocycles. The van der Waals surface area contributed by atoms with Gasteiger partial charge >= 0.3 is 0 Å². The molecule has 1 aliphatic rings. The lowest BCUT2D eigenvalue weighted by atomic mass is 10.1. The number of nitrogens with zero attached hydrogens (tertiary/aromatic N) is 1. The van der Waals surface area contributed by atoms with Gasteiger partial charge in [0.2, 0.25) is 0 Å². The summed E-state index contributed by atoms with van der Waals surface area (Å²) in [6.45, 7) is 0.698. The summed E-state index contributed by atoms with van der Waals surface area (Å²) in [4.78, 5) is 14.3. The molecule has 0 radical (unpaired) electrons. The minimum absolute atomic E-state index is 0.00517. The summed E-state index contributed by atoms with van der Waals surface area (Å²) in [5, 5.41) is 0.633. The van der Waals surface area contributed by atoms with E-state index in [1.165, 1.54) is 0 Å². The van der Waals surface area contributed by atoms with Crippen LogP contribution in [0, 0.1) is 0 Å². The molecule has 2 aromatic carbocycles. The second-order valence-corrected chi connectivity index (χ2v) is 5.14. The third-order valence-corrected chi connectivity index (χ3v) is 3.77. The van der Waals surface area contributed by atoms with E-state index in [4.69, 9.17) is 16.3 Å². The van der Waals surface area contributed by atoms with Gasteiger partial charge in [-0.15, -0.1) is 0 Å². The van der Waals surface area contributed by atoms with Crippen molar-refractivity contribution in [3.05, 3.63) is 58.6 Å². The molecule has 0 saturated heterocycles. The number of rotatable bonds is 2. The highest BCUT2D eigenvalue weighted by Crippen LogP contribution is 2.32. The maximum atomic E-state index is 12.5. The summed E-state index contributed by atoms with van der Waals surface area (Å²) in [6, 6.07) is 12.8. The highest BCUT2D eigenvalue weighted by molar-refractivity contribution is 6.30. The van der Waals surface area contributed by atoms with Crippen molar-refractivity contribution in [3.8, 4) is 5.75 Å². The molecule has 0 unspecified atom stereocenters. The number of carbonyl (C=O) groups excluding carboxylic acids is 1. The minimum Gasteiger partial charge on any atom is -0.497 e. The molecule has 0 N–H and O–H groups in total. The summed E-state index contributed by atoms with van der Waals surface area (Å²) in [5.41, 5.74) is 2.76. The van der Waals surface area contributed by atoms with E-state index in [2.05, 4.69) is 0 Å². The predicted octanol–water partition coefficient (Wildman–Crippen LogP) is 3.55. The molecule has 0 fully saturated rings. The van der Waals surface area contributed by atoms with E-state index < -0.39 is 0 Å². The van der Waals surface area contributed by atoms with Crippen molar-refractivity contribution in [3.63, 3.8) is 0 Å². The van der Waals surface area contributed by atoms with Crippen molar-refractivity contribution in [2.75, 3.05) is 18.6 Å². The zero-order valence-electron chi connectivity index (χ0n) is 11.1. The van der Waals surface area contributed by atoms with Crippen LogP contribution in [0.25, 0.3) is 0 Å². The van der Waals surface area contributed by atoms with Gasteiger partial charge in [-0.25, -0.2) is 0 Å². The van der Waals surface area contributed by atoms with Crippen LogP contribution in [0.2, 0.25) is 5.02 Å². The number of fused-ring (bicyclic) bond motifs is 1. The summed E-state index contributed by atoms with van der Waals surface area (Å²) < 4.78 is 5.21. The van der Waals surface area contributed by atoms with Crippen molar-refractivity contribution in [1.82, 2.24) is 0 Å². The van der Waals surface area contributed by atoms with Gasteiger partial charge in [0.1, 0.15) is 5.75 Å². The van der Waals surface area contributed by atoms with Crippen molar-refractivity contribution < 1.29 is 9.53 Å². The van der Waals surface area contributed by atoms with Crippen molar-refractivity contribution in [2.45, 2.75) is 6.42 Å². The number of halogens is 1. The van der Waals surface area contributed by atoms with E-state index in [1.807, 2.05) is 18.2 Å². The normalized spacial score (nSPS) is 13.2. The first-order chi connectivity index (χ1) is 9.69. The van der Waals surface area contributed by atoms with Crippen LogP contribution < -0.4 is 9.64 Å². The van der Waals surface area contributed by atoms with E-state index in [0.717, 1.165) is 23.4 Å². The fourth-order valence-electron chi connectivity index (χ4n) is 2.46. The molecule has 3 rings (SSSR count). The van der Waals surface area contributed by atoms with Crippen LogP contribution in [0.5, 0.6) is 5.75 Å². The van der Waals surface area contributed by atoms with Gasteiger partial charge in [0.05, 0.1) is 7.11 Å². The Morgan fingerprint density at radius 1 is 1.20 bits per heavy atom. The average Bonchev–Trinajstić information content (AvgIpc) is 2.90. The van der Waals surface area contributed by atoms with Gasteiger partial charge in [0.25, 0.3) is 5.91 Å². The van der Waals surface area contributed by atoms with Gasteiger partial charge in [0.15, 0.2) is 0 Å². The van der Waals surface area contributed by atoms with Crippen LogP contribution in [0.3, 0.4) is 0 Å². The van der Waals surface area contributed by atoms with Crippen LogP contribution in [-0.4, -0.2) is 19.6 Å². The van der Waals surface area contributed by atoms with Crippen molar-refractivity contribution in [1.29, 1.82) is 0 Å². The first-order valence-corrected chi connectivity index (χ1v) is 6.81. The first kappa shape index (κ1) is 13.0. The standard InChI is InChI=1S/C16H14ClNO2/c1-20-14-6-7-15-12(10-14)8-9-18(15)16(19)11-2-4-13(17)5-3-11/h2-7,10H,8-9H2,1H3. The third-order valence-electron chi connectivity index (χ3n) is 3.52. The number of anilines is 1. The number of benzene rings is 2. The average molecular weight is 288 g/mol. The molecule has 0 saturated carbocycles. The molecule has 4 heteroatoms. The van der Waals surface area contributed by atoms with E-state index in [1.54, 1.807) is 36.3 Å². The molecule has 102 valence electrons. The zero-order chi connectivity index (χ0) is 14.1. The van der Waals surface area contributed by atoms with Crippen LogP contribution in [0.15, 0.2) is 42.5 Å². The monoisotopic (exact) mass is 287 g/mol. The molecule has 0 aliphatic carbocycles. The highest BCUT2D eigenvalue weighted by atomic mass is 35.5. The quantitative estimate of drug-likeness (QED) is 0.845. The third kappa shape index (κ3) is 2.25. The number of ether oxygens (including phenoxy) is 1. The zero-order valence-corrected chi connectivity index (χ0v) is 11.9. The summed E-state index contributed by atoms with van der Waals surface area (Å²) in [5.74, 6) is 0.829. The summed E-state index contributed by atoms with van der Waals surface area (Å²) in [6.07, 6.45) is 0.853. The Morgan fingerprint density at radius 2 is 1.95 bits per heavy atom. The Hall–Kier alpha value is -2.00. The minimum atomic E-state index is 0.00517. The lowest BCUT2D eigenvalue weighted by Gasteiger charge is -2.17. The Labute approximate surface area is 122 Å². The predicted molar refractivity (Wildman–Crippen MR) is 79.8 cm³/mol. The van der Waals surface area contributed by atoms with Gasteiger partial charge in [-0.05, 0) is 54.4 Å². The molecular weight excluding hydrogens is 274 g/mol. The topological polar surface area (TPSA) is 29.5 Å². The highest BCUT2D eigenvalue weighted by Gasteiger charge is 2.25. The SMILES string of the molecule is COc1ccc2c(c1)CCN2C(=O)c1ccc(Cl)cc1. The molecule has 1 aliphatic heterocycles. The number of carbonyl (C=O) groups is 1. The van der Waals surface area contributed by atoms with Crippen molar-refractivity contribution >= 4 is 23.2 Å². The van der Waals surface area contributed by atoms with Gasteiger partial charge in [-0.1, -0.05) is 11.6 Å². The van der Waals surface area contributed by atoms with Crippen molar-refractivity contribution in [2.24, 2.45) is 0 Å². The van der Waals surface area contributed by atoms with Gasteiger partial charge in [-0.2, -0.15) is 0 Å². The molecule has 1 amide bonds. The molecule has 0 spiro atoms. The molecule has 3 nitrogen and oxygen atoms in total. The Bertz CT molecular complexity index is 652. The van der Waals surface area contributed by atoms with E-state index in [9.17, 15) is 4.79 Å². The van der Waals surface area contributed by atoms with E-state index in [0.29, 0.717) is 17.1 Å². The number of hydrogen-bond acceptors (Lipinski definition) is 2. The fourth-order valence-corrected chi connectivity index (χ4v) is 2.59. The smallest absolute Gasteiger partial charge is 0.258 e. The maximum Gasteiger partial charge on any atom is 0.258 e. The molecule has 0 bridgehead atoms. The number of amides is 1. The lowest BCUT2D eigenvalue weighted by molar-refractivity contribution is 0.0989. The molecule has 0 atom stereocenters. The maximum absolute atomic E-state index is 12.5. The Balaban J connectivity index is 1.91. The summed E-state index contributed by atoms with van der Waals surface area (Å²) in [7, 11) is 1.65. The first-order valence-electron chi connectivity index (χ1n) is 6.43. The van der Waals surface area contributed by atoms with Gasteiger partial charge < -0.3 is 9.64 Å². The fraction of sp³-hybridized carbons (Fsp3) is 0.188. The Kier molecular flexibility index (Phi) is 3.36. The summed E-state index contributed by atoms with van der Waals surface area (Å²) >= 11 is 5.85. The second-order valence-electron chi connectivity index (χ2n) is 4.71. The lowest BCUT2D eigenvalue weighted by Crippen LogP contribution is -2.28. The molecule has 0 aromatic heterocycles. The molecule has 20 heavy (non-hydrogen) atoms. The number of methoxy groups -OCH3 is 1. The number of hydrogen-bond donors (Lipinski definition) is 0. The van der Waals surface area contributed by atoms with Crippen LogP contribution >= 0.6 is 11.6 Å². The second kappa shape index (κ2) is 5.17. The van der Waals surface area contributed by atoms with Crippen LogP contribution in [0.4, 0.5) is 5.69 Å². The van der Waals surface area contributed by atoms with Crippen LogP contribution in [-0.2, 0) is 6.42 Å². The van der Waals surface area contributed by atoms with Crippen LogP contribution in [0.1, 0.15) is 15.9 Å². The van der Waals surface area contributed by atoms with E-state index in [-0.39, 0.29) is 5.91 Å². The molecule has 2 aromatic rings. The Morgan fingerprint density at radius 3 is 2.65 bits per heavy atom. The largest absolute Gasteiger partial charge is 0.497 e. The van der Waals surface area contributed by atoms with Gasteiger partial charge in [-0.3, -0.25) is 4.79 Å².